The van der Waals surface area contributed by atoms with Crippen LogP contribution in [0.15, 0.2) is 36.4 Å². The van der Waals surface area contributed by atoms with Crippen LogP contribution in [-0.4, -0.2) is 1.05 Å². The lowest BCUT2D eigenvalue weighted by Crippen LogP contribution is -1.75. The molecule has 0 N–H and O–H groups in total. The van der Waals surface area contributed by atoms with E-state index in [1.807, 2.05) is 36.4 Å². The van der Waals surface area contributed by atoms with Crippen LogP contribution in [0.4, 0.5) is 0 Å². The minimum atomic E-state index is -0.250. The van der Waals surface area contributed by atoms with Crippen molar-refractivity contribution in [3.63, 3.8) is 0 Å². The van der Waals surface area contributed by atoms with Crippen LogP contribution in [0.1, 0.15) is 0 Å². The molecule has 0 heterocycles. The normalized spacial score (nSPS) is 9.82. The largest absolute Gasteiger partial charge is 0.189 e. The Morgan fingerprint density at radius 3 is 0.727 bits per heavy atom. The molecule has 0 aromatic heterocycles. The number of hydrogen-bond acceptors (Lipinski definition) is 0. The molecule has 11 heavy (non-hydrogen) atoms. The summed E-state index contributed by atoms with van der Waals surface area (Å²) in [4.78, 5) is 0. The van der Waals surface area contributed by atoms with Crippen LogP contribution < -0.4 is 0 Å². The molecular weight excluding hydrogens is 404 g/mol. The van der Waals surface area contributed by atoms with Crippen LogP contribution in [0.2, 0.25) is 0 Å². The third-order valence-electron chi connectivity index (χ3n) is 0.667. The smallest absolute Gasteiger partial charge is 0.0623 e. The van der Waals surface area contributed by atoms with Gasteiger partial charge in [-0.3, -0.25) is 0 Å². The summed E-state index contributed by atoms with van der Waals surface area (Å²) in [7, 11) is 0. The van der Waals surface area contributed by atoms with Crippen LogP contribution in [0.3, 0.4) is 0 Å². The molecule has 0 saturated carbocycles. The fraction of sp³-hybridized carbons (Fsp3) is 0.143. The Bertz CT molecular complexity index is 135. The lowest BCUT2D eigenvalue weighted by atomic mass is 10.4. The van der Waals surface area contributed by atoms with Gasteiger partial charge in [-0.1, -0.05) is 36.4 Å². The molecule has 0 radical (unpaired) electrons. The van der Waals surface area contributed by atoms with Gasteiger partial charge in [0.05, 0.1) is 0 Å². The second-order valence-electron chi connectivity index (χ2n) is 1.58. The van der Waals surface area contributed by atoms with Crippen molar-refractivity contribution in [1.82, 2.24) is 0 Å². The Morgan fingerprint density at radius 1 is 0.545 bits per heavy atom. The maximum Gasteiger partial charge on any atom is 0.189 e. The minimum absolute atomic E-state index is 0.250. The third kappa shape index (κ3) is 18.3. The lowest BCUT2D eigenvalue weighted by molar-refractivity contribution is 1.72. The van der Waals surface area contributed by atoms with E-state index in [9.17, 15) is 0 Å². The van der Waals surface area contributed by atoms with Crippen molar-refractivity contribution in [3.8, 4) is 0 Å². The summed E-state index contributed by atoms with van der Waals surface area (Å²) in [5, 5.41) is 0. The minimum Gasteiger partial charge on any atom is -0.0623 e. The van der Waals surface area contributed by atoms with Gasteiger partial charge in [-0.2, -0.15) is 0 Å². The predicted molar refractivity (Wildman–Crippen MR) is 64.9 cm³/mol. The number of hydrogen-bond donors (Lipinski definition) is 0. The van der Waals surface area contributed by atoms with E-state index < -0.39 is 0 Å². The summed E-state index contributed by atoms with van der Waals surface area (Å²) < 4.78 is -0.250. The second kappa shape index (κ2) is 6.63. The Balaban J connectivity index is 0.000000187. The molecule has 0 atom stereocenters. The van der Waals surface area contributed by atoms with Crippen molar-refractivity contribution in [2.45, 2.75) is 1.05 Å². The van der Waals surface area contributed by atoms with E-state index in [2.05, 4.69) is 63.7 Å². The van der Waals surface area contributed by atoms with Crippen LogP contribution in [0.25, 0.3) is 0 Å². The van der Waals surface area contributed by atoms with Crippen molar-refractivity contribution in [3.05, 3.63) is 36.4 Å². The van der Waals surface area contributed by atoms with Crippen molar-refractivity contribution in [2.75, 3.05) is 0 Å². The Hall–Kier alpha value is 1.14. The summed E-state index contributed by atoms with van der Waals surface area (Å²) in [6.45, 7) is 0. The molecule has 0 aliphatic carbocycles. The van der Waals surface area contributed by atoms with Gasteiger partial charge >= 0.3 is 0 Å². The molecule has 1 rings (SSSR count). The first-order chi connectivity index (χ1) is 5.00. The molecule has 62 valence electrons. The van der Waals surface area contributed by atoms with E-state index >= 15 is 0 Å². The highest BCUT2D eigenvalue weighted by Gasteiger charge is 2.08. The average molecular weight is 410 g/mol. The van der Waals surface area contributed by atoms with Gasteiger partial charge in [-0.25, -0.2) is 0 Å². The van der Waals surface area contributed by atoms with Gasteiger partial charge in [0.25, 0.3) is 0 Å². The molecule has 0 fully saturated rings. The average Bonchev–Trinajstić information content (AvgIpc) is 1.88. The second-order valence-corrected chi connectivity index (χ2v) is 12.7. The molecular formula is C7H6Br4. The SMILES string of the molecule is BrC(Br)(Br)Br.c1ccccc1. The van der Waals surface area contributed by atoms with Crippen LogP contribution in [-0.2, 0) is 0 Å². The zero-order chi connectivity index (χ0) is 8.74. The Morgan fingerprint density at radius 2 is 0.636 bits per heavy atom. The van der Waals surface area contributed by atoms with Crippen molar-refractivity contribution in [2.24, 2.45) is 0 Å². The molecule has 4 heteroatoms. The molecule has 0 aliphatic rings. The zero-order valence-corrected chi connectivity index (χ0v) is 11.8. The predicted octanol–water partition coefficient (Wildman–Crippen LogP) is 4.86. The highest BCUT2D eigenvalue weighted by atomic mass is 80.0. The van der Waals surface area contributed by atoms with Crippen molar-refractivity contribution >= 4 is 63.7 Å². The number of benzene rings is 1. The summed E-state index contributed by atoms with van der Waals surface area (Å²) in [5.74, 6) is 0. The molecule has 0 aliphatic heterocycles. The molecule has 0 unspecified atom stereocenters. The molecule has 0 spiro atoms. The van der Waals surface area contributed by atoms with E-state index in [0.717, 1.165) is 0 Å². The topological polar surface area (TPSA) is 0 Å². The van der Waals surface area contributed by atoms with Gasteiger partial charge < -0.3 is 0 Å². The monoisotopic (exact) mass is 406 g/mol. The van der Waals surface area contributed by atoms with E-state index in [4.69, 9.17) is 0 Å². The third-order valence-corrected chi connectivity index (χ3v) is 0.667. The van der Waals surface area contributed by atoms with E-state index in [0.29, 0.717) is 0 Å². The number of alkyl halides is 4. The maximum atomic E-state index is 3.12. The van der Waals surface area contributed by atoms with Gasteiger partial charge in [0.1, 0.15) is 0 Å². The van der Waals surface area contributed by atoms with Crippen LogP contribution >= 0.6 is 63.7 Å². The molecule has 0 saturated heterocycles. The molecule has 0 bridgehead atoms. The molecule has 0 nitrogen and oxygen atoms in total. The first kappa shape index (κ1) is 12.1. The lowest BCUT2D eigenvalue weighted by Gasteiger charge is -1.93. The first-order valence-corrected chi connectivity index (χ1v) is 5.93. The van der Waals surface area contributed by atoms with Gasteiger partial charge in [0.2, 0.25) is 0 Å². The molecule has 0 amide bonds. The summed E-state index contributed by atoms with van der Waals surface area (Å²) in [6.07, 6.45) is 0. The fourth-order valence-corrected chi connectivity index (χ4v) is 0.385. The quantitative estimate of drug-likeness (QED) is 0.537. The van der Waals surface area contributed by atoms with E-state index in [1.165, 1.54) is 0 Å². The fourth-order valence-electron chi connectivity index (χ4n) is 0.385. The zero-order valence-electron chi connectivity index (χ0n) is 5.48. The highest BCUT2D eigenvalue weighted by Crippen LogP contribution is 2.39. The summed E-state index contributed by atoms with van der Waals surface area (Å²) >= 11 is 12.5. The number of halogens is 4. The highest BCUT2D eigenvalue weighted by molar-refractivity contribution is 9.52. The van der Waals surface area contributed by atoms with Crippen molar-refractivity contribution in [1.29, 1.82) is 0 Å². The van der Waals surface area contributed by atoms with Crippen LogP contribution in [0.5, 0.6) is 0 Å². The van der Waals surface area contributed by atoms with Gasteiger partial charge in [-0.15, -0.1) is 0 Å². The van der Waals surface area contributed by atoms with E-state index in [-0.39, 0.29) is 1.05 Å². The van der Waals surface area contributed by atoms with Gasteiger partial charge in [0, 0.05) is 0 Å². The van der Waals surface area contributed by atoms with Crippen molar-refractivity contribution < 1.29 is 0 Å². The van der Waals surface area contributed by atoms with Gasteiger partial charge in [-0.05, 0) is 63.7 Å². The number of rotatable bonds is 0. The van der Waals surface area contributed by atoms with Gasteiger partial charge in [0.15, 0.2) is 1.05 Å². The molecule has 1 aromatic carbocycles. The Labute approximate surface area is 100 Å². The first-order valence-electron chi connectivity index (χ1n) is 2.76. The standard InChI is InChI=1S/C6H6.CBr4/c1-2-4-6-5-3-1;2-1(3,4)5/h1-6H;. The molecule has 1 aromatic rings. The summed E-state index contributed by atoms with van der Waals surface area (Å²) in [5.41, 5.74) is 0. The maximum absolute atomic E-state index is 3.12. The van der Waals surface area contributed by atoms with Crippen LogP contribution in [0, 0.1) is 0 Å². The Kier molecular flexibility index (Phi) is 7.32. The summed E-state index contributed by atoms with van der Waals surface area (Å²) in [6, 6.07) is 12.0. The van der Waals surface area contributed by atoms with E-state index in [1.54, 1.807) is 0 Å².